The first-order valence-electron chi connectivity index (χ1n) is 10.2. The Hall–Kier alpha value is -2.23. The predicted octanol–water partition coefficient (Wildman–Crippen LogP) is 2.50. The van der Waals surface area contributed by atoms with Gasteiger partial charge < -0.3 is 15.2 Å². The Kier molecular flexibility index (Phi) is 7.27. The molecule has 1 aliphatic rings. The lowest BCUT2D eigenvalue weighted by Crippen LogP contribution is -2.51. The third-order valence-electron chi connectivity index (χ3n) is 5.09. The van der Waals surface area contributed by atoms with Crippen LogP contribution in [-0.4, -0.2) is 66.0 Å². The van der Waals surface area contributed by atoms with Crippen molar-refractivity contribution in [3.63, 3.8) is 0 Å². The molecule has 0 aromatic carbocycles. The second kappa shape index (κ2) is 9.72. The highest BCUT2D eigenvalue weighted by Gasteiger charge is 2.29. The Labute approximate surface area is 181 Å². The van der Waals surface area contributed by atoms with Crippen LogP contribution in [0.5, 0.6) is 0 Å². The van der Waals surface area contributed by atoms with E-state index >= 15 is 0 Å². The van der Waals surface area contributed by atoms with Gasteiger partial charge in [-0.1, -0.05) is 32.0 Å². The zero-order valence-electron chi connectivity index (χ0n) is 18.1. The molecule has 2 N–H and O–H groups in total. The van der Waals surface area contributed by atoms with Gasteiger partial charge in [0.25, 0.3) is 0 Å². The topological polar surface area (TPSA) is 90.7 Å². The van der Waals surface area contributed by atoms with E-state index in [0.29, 0.717) is 24.7 Å². The first-order chi connectivity index (χ1) is 14.2. The number of nitrogens with one attached hydrogen (secondary N) is 2. The molecule has 9 heteroatoms. The molecule has 1 aliphatic heterocycles. The largest absolute Gasteiger partial charge is 0.360 e. The Bertz CT molecular complexity index is 835. The monoisotopic (exact) mass is 433 g/mol. The fourth-order valence-corrected chi connectivity index (χ4v) is 4.52. The number of piperazine rings is 1. The number of hydrogen-bond acceptors (Lipinski definition) is 7. The zero-order chi connectivity index (χ0) is 21.7. The van der Waals surface area contributed by atoms with Crippen LogP contribution in [0, 0.1) is 12.3 Å². The molecule has 1 fully saturated rings. The van der Waals surface area contributed by atoms with Gasteiger partial charge in [-0.3, -0.25) is 19.4 Å². The molecule has 0 saturated carbocycles. The molecular formula is C21H31N5O3S. The van der Waals surface area contributed by atoms with Gasteiger partial charge in [0.2, 0.25) is 11.8 Å². The van der Waals surface area contributed by atoms with Gasteiger partial charge in [-0.25, -0.2) is 0 Å². The van der Waals surface area contributed by atoms with Crippen molar-refractivity contribution in [1.29, 1.82) is 0 Å². The summed E-state index contributed by atoms with van der Waals surface area (Å²) in [6.45, 7) is 11.9. The SMILES string of the molecule is Cc1cc(NC(=O)CN2CCN(CC(=O)NC(c3cccs3)C(C)(C)C)CC2)no1. The van der Waals surface area contributed by atoms with Gasteiger partial charge in [-0.15, -0.1) is 11.3 Å². The van der Waals surface area contributed by atoms with Crippen LogP contribution >= 0.6 is 11.3 Å². The van der Waals surface area contributed by atoms with Crippen molar-refractivity contribution in [2.45, 2.75) is 33.7 Å². The van der Waals surface area contributed by atoms with Crippen molar-refractivity contribution in [2.75, 3.05) is 44.6 Å². The number of rotatable bonds is 7. The van der Waals surface area contributed by atoms with E-state index in [0.717, 1.165) is 26.2 Å². The number of carbonyl (C=O) groups is 2. The first kappa shape index (κ1) is 22.5. The molecule has 164 valence electrons. The lowest BCUT2D eigenvalue weighted by Gasteiger charge is -2.35. The Morgan fingerprint density at radius 2 is 1.80 bits per heavy atom. The normalized spacial score (nSPS) is 16.9. The van der Waals surface area contributed by atoms with Crippen LogP contribution in [-0.2, 0) is 9.59 Å². The second-order valence-electron chi connectivity index (χ2n) is 8.81. The lowest BCUT2D eigenvalue weighted by atomic mass is 9.85. The van der Waals surface area contributed by atoms with Crippen LogP contribution in [0.1, 0.15) is 37.5 Å². The number of thiophene rings is 1. The van der Waals surface area contributed by atoms with Gasteiger partial charge in [0.15, 0.2) is 5.82 Å². The van der Waals surface area contributed by atoms with Crippen molar-refractivity contribution in [1.82, 2.24) is 20.3 Å². The molecule has 1 saturated heterocycles. The van der Waals surface area contributed by atoms with Crippen LogP contribution in [0.15, 0.2) is 28.1 Å². The minimum absolute atomic E-state index is 0.00449. The average molecular weight is 434 g/mol. The summed E-state index contributed by atoms with van der Waals surface area (Å²) in [5.41, 5.74) is -0.0606. The molecular weight excluding hydrogens is 402 g/mol. The quantitative estimate of drug-likeness (QED) is 0.697. The van der Waals surface area contributed by atoms with Crippen molar-refractivity contribution in [3.8, 4) is 0 Å². The number of aromatic nitrogens is 1. The molecule has 2 aromatic heterocycles. The summed E-state index contributed by atoms with van der Waals surface area (Å²) in [5, 5.41) is 11.8. The van der Waals surface area contributed by atoms with Gasteiger partial charge in [0, 0.05) is 37.1 Å². The molecule has 2 aromatic rings. The molecule has 3 heterocycles. The highest BCUT2D eigenvalue weighted by Crippen LogP contribution is 2.35. The molecule has 0 aliphatic carbocycles. The summed E-state index contributed by atoms with van der Waals surface area (Å²) >= 11 is 1.67. The maximum absolute atomic E-state index is 12.7. The summed E-state index contributed by atoms with van der Waals surface area (Å²) in [7, 11) is 0. The highest BCUT2D eigenvalue weighted by atomic mass is 32.1. The van der Waals surface area contributed by atoms with Crippen LogP contribution in [0.4, 0.5) is 5.82 Å². The van der Waals surface area contributed by atoms with E-state index in [1.807, 2.05) is 11.4 Å². The fraction of sp³-hybridized carbons (Fsp3) is 0.571. The number of amides is 2. The Balaban J connectivity index is 1.42. The third kappa shape index (κ3) is 6.38. The van der Waals surface area contributed by atoms with Crippen LogP contribution < -0.4 is 10.6 Å². The van der Waals surface area contributed by atoms with Gasteiger partial charge in [0.05, 0.1) is 19.1 Å². The standard InChI is InChI=1S/C21H31N5O3S/c1-15-12-17(24-29-15)22-18(27)13-25-7-9-26(10-8-25)14-19(28)23-20(21(2,3)4)16-6-5-11-30-16/h5-6,11-12,20H,7-10,13-14H2,1-4H3,(H,23,28)(H,22,24,27). The summed E-state index contributed by atoms with van der Waals surface area (Å²) in [5.74, 6) is 1.02. The number of nitrogens with zero attached hydrogens (tertiary/aromatic N) is 3. The van der Waals surface area contributed by atoms with E-state index in [1.54, 1.807) is 24.3 Å². The summed E-state index contributed by atoms with van der Waals surface area (Å²) < 4.78 is 4.96. The van der Waals surface area contributed by atoms with Crippen LogP contribution in [0.2, 0.25) is 0 Å². The van der Waals surface area contributed by atoms with Gasteiger partial charge in [0.1, 0.15) is 5.76 Å². The van der Waals surface area contributed by atoms with Crippen LogP contribution in [0.25, 0.3) is 0 Å². The first-order valence-corrected chi connectivity index (χ1v) is 11.1. The molecule has 0 spiro atoms. The van der Waals surface area contributed by atoms with E-state index in [4.69, 9.17) is 4.52 Å². The van der Waals surface area contributed by atoms with Crippen molar-refractivity contribution >= 4 is 29.0 Å². The Morgan fingerprint density at radius 3 is 2.30 bits per heavy atom. The number of carbonyl (C=O) groups excluding carboxylic acids is 2. The van der Waals surface area contributed by atoms with E-state index in [1.165, 1.54) is 4.88 Å². The summed E-state index contributed by atoms with van der Waals surface area (Å²) in [6.07, 6.45) is 0. The molecule has 3 rings (SSSR count). The van der Waals surface area contributed by atoms with E-state index in [9.17, 15) is 9.59 Å². The molecule has 8 nitrogen and oxygen atoms in total. The minimum Gasteiger partial charge on any atom is -0.360 e. The van der Waals surface area contributed by atoms with Gasteiger partial charge in [-0.2, -0.15) is 0 Å². The Morgan fingerprint density at radius 1 is 1.17 bits per heavy atom. The maximum atomic E-state index is 12.7. The fourth-order valence-electron chi connectivity index (χ4n) is 3.50. The van der Waals surface area contributed by atoms with E-state index in [2.05, 4.69) is 52.4 Å². The third-order valence-corrected chi connectivity index (χ3v) is 6.03. The van der Waals surface area contributed by atoms with Gasteiger partial charge >= 0.3 is 0 Å². The smallest absolute Gasteiger partial charge is 0.239 e. The second-order valence-corrected chi connectivity index (χ2v) is 9.78. The van der Waals surface area contributed by atoms with E-state index < -0.39 is 0 Å². The zero-order valence-corrected chi connectivity index (χ0v) is 18.9. The lowest BCUT2D eigenvalue weighted by molar-refractivity contribution is -0.124. The molecule has 1 unspecified atom stereocenters. The molecule has 0 radical (unpaired) electrons. The number of anilines is 1. The average Bonchev–Trinajstić information content (AvgIpc) is 3.32. The molecule has 30 heavy (non-hydrogen) atoms. The van der Waals surface area contributed by atoms with Crippen LogP contribution in [0.3, 0.4) is 0 Å². The molecule has 2 amide bonds. The predicted molar refractivity (Wildman–Crippen MR) is 117 cm³/mol. The van der Waals surface area contributed by atoms with Crippen molar-refractivity contribution < 1.29 is 14.1 Å². The van der Waals surface area contributed by atoms with Crippen molar-refractivity contribution in [2.24, 2.45) is 5.41 Å². The molecule has 0 bridgehead atoms. The summed E-state index contributed by atoms with van der Waals surface area (Å²) in [4.78, 5) is 30.2. The molecule has 1 atom stereocenters. The van der Waals surface area contributed by atoms with Crippen molar-refractivity contribution in [3.05, 3.63) is 34.2 Å². The van der Waals surface area contributed by atoms with Gasteiger partial charge in [-0.05, 0) is 23.8 Å². The maximum Gasteiger partial charge on any atom is 0.239 e. The number of hydrogen-bond donors (Lipinski definition) is 2. The summed E-state index contributed by atoms with van der Waals surface area (Å²) in [6, 6.07) is 5.78. The van der Waals surface area contributed by atoms with E-state index in [-0.39, 0.29) is 23.3 Å². The number of aryl methyl sites for hydroxylation is 1. The highest BCUT2D eigenvalue weighted by molar-refractivity contribution is 7.10. The minimum atomic E-state index is -0.113.